The van der Waals surface area contributed by atoms with Gasteiger partial charge in [0.25, 0.3) is 5.91 Å². The molecule has 2 N–H and O–H groups in total. The first kappa shape index (κ1) is 31.7. The first-order valence-electron chi connectivity index (χ1n) is 13.5. The van der Waals surface area contributed by atoms with Crippen molar-refractivity contribution in [2.45, 2.75) is 92.5 Å². The van der Waals surface area contributed by atoms with Crippen LogP contribution in [0, 0.1) is 19.8 Å². The third-order valence-corrected chi connectivity index (χ3v) is 6.11. The summed E-state index contributed by atoms with van der Waals surface area (Å²) in [7, 11) is 1.58. The lowest BCUT2D eigenvalue weighted by Gasteiger charge is -2.38. The SMILES string of the molecule is COc1ccc(NC(=O)C(c2ccc(C)cc2C)N(C(=O)C(CC(C)C)NC(=O)OC(C)(C)C)C(C)C)cc1. The highest BCUT2D eigenvalue weighted by Gasteiger charge is 2.38. The fraction of sp³-hybridized carbons (Fsp3) is 0.516. The number of hydrogen-bond donors (Lipinski definition) is 2. The van der Waals surface area contributed by atoms with Gasteiger partial charge < -0.3 is 25.0 Å². The minimum Gasteiger partial charge on any atom is -0.497 e. The molecule has 2 aromatic carbocycles. The second-order valence-corrected chi connectivity index (χ2v) is 11.6. The molecule has 0 aliphatic carbocycles. The van der Waals surface area contributed by atoms with Crippen molar-refractivity contribution < 1.29 is 23.9 Å². The fourth-order valence-corrected chi connectivity index (χ4v) is 4.44. The van der Waals surface area contributed by atoms with Crippen LogP contribution < -0.4 is 15.4 Å². The largest absolute Gasteiger partial charge is 0.497 e. The van der Waals surface area contributed by atoms with Gasteiger partial charge >= 0.3 is 6.09 Å². The summed E-state index contributed by atoms with van der Waals surface area (Å²) >= 11 is 0. The Morgan fingerprint density at radius 3 is 2.05 bits per heavy atom. The van der Waals surface area contributed by atoms with E-state index in [0.717, 1.165) is 11.1 Å². The smallest absolute Gasteiger partial charge is 0.408 e. The Morgan fingerprint density at radius 2 is 1.56 bits per heavy atom. The molecule has 8 heteroatoms. The Bertz CT molecular complexity index is 1140. The predicted molar refractivity (Wildman–Crippen MR) is 155 cm³/mol. The third kappa shape index (κ3) is 9.30. The van der Waals surface area contributed by atoms with Gasteiger partial charge in [0.2, 0.25) is 5.91 Å². The maximum atomic E-state index is 14.2. The van der Waals surface area contributed by atoms with Crippen molar-refractivity contribution in [3.63, 3.8) is 0 Å². The van der Waals surface area contributed by atoms with Gasteiger partial charge in [-0.25, -0.2) is 4.79 Å². The van der Waals surface area contributed by atoms with Crippen LogP contribution in [0.15, 0.2) is 42.5 Å². The number of benzene rings is 2. The van der Waals surface area contributed by atoms with Crippen LogP contribution in [0.1, 0.15) is 77.6 Å². The summed E-state index contributed by atoms with van der Waals surface area (Å²) in [6.45, 7) is 16.9. The topological polar surface area (TPSA) is 97.0 Å². The van der Waals surface area contributed by atoms with Gasteiger partial charge in [-0.1, -0.05) is 37.6 Å². The molecule has 0 bridgehead atoms. The van der Waals surface area contributed by atoms with E-state index in [1.54, 1.807) is 57.0 Å². The molecule has 8 nitrogen and oxygen atoms in total. The number of aryl methyl sites for hydroxylation is 2. The molecular weight excluding hydrogens is 494 g/mol. The minimum absolute atomic E-state index is 0.107. The summed E-state index contributed by atoms with van der Waals surface area (Å²) in [4.78, 5) is 42.5. The average Bonchev–Trinajstić information content (AvgIpc) is 2.81. The molecule has 0 aromatic heterocycles. The summed E-state index contributed by atoms with van der Waals surface area (Å²) in [5.41, 5.74) is 2.53. The van der Waals surface area contributed by atoms with Crippen molar-refractivity contribution in [1.82, 2.24) is 10.2 Å². The molecule has 2 aromatic rings. The molecule has 0 heterocycles. The zero-order chi connectivity index (χ0) is 29.5. The first-order chi connectivity index (χ1) is 18.1. The molecule has 0 aliphatic rings. The second-order valence-electron chi connectivity index (χ2n) is 11.6. The Balaban J connectivity index is 2.55. The van der Waals surface area contributed by atoms with E-state index in [2.05, 4.69) is 10.6 Å². The maximum absolute atomic E-state index is 14.2. The van der Waals surface area contributed by atoms with Gasteiger partial charge in [-0.15, -0.1) is 0 Å². The third-order valence-electron chi connectivity index (χ3n) is 6.11. The lowest BCUT2D eigenvalue weighted by Crippen LogP contribution is -2.54. The monoisotopic (exact) mass is 539 g/mol. The van der Waals surface area contributed by atoms with Gasteiger partial charge in [0.1, 0.15) is 23.4 Å². The molecular formula is C31H45N3O5. The number of carbonyl (C=O) groups is 3. The molecule has 0 aliphatic heterocycles. The highest BCUT2D eigenvalue weighted by molar-refractivity contribution is 5.99. The second kappa shape index (κ2) is 13.5. The number of hydrogen-bond acceptors (Lipinski definition) is 5. The van der Waals surface area contributed by atoms with E-state index in [-0.39, 0.29) is 23.8 Å². The van der Waals surface area contributed by atoms with Crippen molar-refractivity contribution in [2.24, 2.45) is 5.92 Å². The molecule has 3 amide bonds. The lowest BCUT2D eigenvalue weighted by atomic mass is 9.94. The van der Waals surface area contributed by atoms with Crippen molar-refractivity contribution in [3.05, 3.63) is 59.2 Å². The van der Waals surface area contributed by atoms with Crippen molar-refractivity contribution >= 4 is 23.6 Å². The van der Waals surface area contributed by atoms with Crippen LogP contribution in [-0.4, -0.2) is 47.6 Å². The zero-order valence-electron chi connectivity index (χ0n) is 25.0. The van der Waals surface area contributed by atoms with Gasteiger partial charge in [-0.05, 0) is 96.2 Å². The quantitative estimate of drug-likeness (QED) is 0.376. The normalized spacial score (nSPS) is 13.0. The summed E-state index contributed by atoms with van der Waals surface area (Å²) in [6, 6.07) is 10.7. The summed E-state index contributed by atoms with van der Waals surface area (Å²) < 4.78 is 10.7. The van der Waals surface area contributed by atoms with Gasteiger partial charge in [0.05, 0.1) is 7.11 Å². The highest BCUT2D eigenvalue weighted by Crippen LogP contribution is 2.30. The van der Waals surface area contributed by atoms with E-state index >= 15 is 0 Å². The number of amides is 3. The van der Waals surface area contributed by atoms with E-state index in [1.807, 2.05) is 59.7 Å². The van der Waals surface area contributed by atoms with Crippen molar-refractivity contribution in [2.75, 3.05) is 12.4 Å². The van der Waals surface area contributed by atoms with Crippen molar-refractivity contribution in [1.29, 1.82) is 0 Å². The minimum atomic E-state index is -0.935. The number of anilines is 1. The molecule has 214 valence electrons. The molecule has 0 fully saturated rings. The fourth-order valence-electron chi connectivity index (χ4n) is 4.44. The van der Waals surface area contributed by atoms with E-state index in [9.17, 15) is 14.4 Å². The van der Waals surface area contributed by atoms with Gasteiger partial charge in [0, 0.05) is 11.7 Å². The van der Waals surface area contributed by atoms with E-state index in [1.165, 1.54) is 0 Å². The Morgan fingerprint density at radius 1 is 0.949 bits per heavy atom. The zero-order valence-corrected chi connectivity index (χ0v) is 25.0. The number of alkyl carbamates (subject to hydrolysis) is 1. The number of methoxy groups -OCH3 is 1. The molecule has 2 atom stereocenters. The van der Waals surface area contributed by atoms with Crippen LogP contribution in [0.4, 0.5) is 10.5 Å². The predicted octanol–water partition coefficient (Wildman–Crippen LogP) is 6.17. The number of nitrogens with one attached hydrogen (secondary N) is 2. The van der Waals surface area contributed by atoms with Gasteiger partial charge in [0.15, 0.2) is 0 Å². The number of rotatable bonds is 10. The maximum Gasteiger partial charge on any atom is 0.408 e. The number of nitrogens with zero attached hydrogens (tertiary/aromatic N) is 1. The first-order valence-corrected chi connectivity index (χ1v) is 13.5. The van der Waals surface area contributed by atoms with Crippen LogP contribution >= 0.6 is 0 Å². The number of carbonyl (C=O) groups excluding carboxylic acids is 3. The molecule has 0 radical (unpaired) electrons. The van der Waals surface area contributed by atoms with E-state index < -0.39 is 23.8 Å². The molecule has 0 saturated carbocycles. The Labute approximate surface area is 233 Å². The van der Waals surface area contributed by atoms with Gasteiger partial charge in [-0.3, -0.25) is 9.59 Å². The molecule has 0 saturated heterocycles. The summed E-state index contributed by atoms with van der Waals surface area (Å²) in [6.07, 6.45) is -0.281. The molecule has 2 unspecified atom stereocenters. The van der Waals surface area contributed by atoms with Crippen LogP contribution in [0.25, 0.3) is 0 Å². The van der Waals surface area contributed by atoms with E-state index in [0.29, 0.717) is 23.4 Å². The lowest BCUT2D eigenvalue weighted by molar-refractivity contribution is -0.143. The molecule has 2 rings (SSSR count). The summed E-state index contributed by atoms with van der Waals surface area (Å²) in [5, 5.41) is 5.75. The van der Waals surface area contributed by atoms with Crippen LogP contribution in [0.2, 0.25) is 0 Å². The van der Waals surface area contributed by atoms with Crippen LogP contribution in [-0.2, 0) is 14.3 Å². The Kier molecular flexibility index (Phi) is 11.0. The highest BCUT2D eigenvalue weighted by atomic mass is 16.6. The van der Waals surface area contributed by atoms with Gasteiger partial charge in [-0.2, -0.15) is 0 Å². The Hall–Kier alpha value is -3.55. The molecule has 0 spiro atoms. The van der Waals surface area contributed by atoms with Crippen LogP contribution in [0.5, 0.6) is 5.75 Å². The average molecular weight is 540 g/mol. The standard InChI is InChI=1S/C31H45N3O5/c1-19(2)17-26(33-30(37)39-31(7,8)9)29(36)34(20(3)4)27(25-16-11-21(5)18-22(25)6)28(35)32-23-12-14-24(38-10)15-13-23/h11-16,18-20,26-27H,17H2,1-10H3,(H,32,35)(H,33,37). The molecule has 39 heavy (non-hydrogen) atoms. The number of ether oxygens (including phenoxy) is 2. The van der Waals surface area contributed by atoms with Crippen LogP contribution in [0.3, 0.4) is 0 Å². The van der Waals surface area contributed by atoms with Crippen molar-refractivity contribution in [3.8, 4) is 5.75 Å². The summed E-state index contributed by atoms with van der Waals surface area (Å²) in [5.74, 6) is 0.0763. The van der Waals surface area contributed by atoms with E-state index in [4.69, 9.17) is 9.47 Å².